The van der Waals surface area contributed by atoms with Crippen molar-refractivity contribution >= 4 is 72.4 Å². The van der Waals surface area contributed by atoms with Crippen LogP contribution in [0.5, 0.6) is 0 Å². The maximum Gasteiger partial charge on any atom is 0.325 e. The van der Waals surface area contributed by atoms with Gasteiger partial charge in [0.15, 0.2) is 6.61 Å². The minimum Gasteiger partial charge on any atom is -0.454 e. The molecule has 3 aromatic rings. The van der Waals surface area contributed by atoms with Gasteiger partial charge in [0.05, 0.1) is 9.92 Å². The lowest BCUT2D eigenvalue weighted by molar-refractivity contribution is -0.146. The molecule has 0 spiro atoms. The van der Waals surface area contributed by atoms with E-state index < -0.39 is 41.0 Å². The molecule has 13 heteroatoms. The van der Waals surface area contributed by atoms with Crippen LogP contribution in [0.1, 0.15) is 35.4 Å². The topological polar surface area (TPSA) is 143 Å². The van der Waals surface area contributed by atoms with Crippen LogP contribution in [-0.4, -0.2) is 51.7 Å². The Morgan fingerprint density at radius 3 is 2.68 bits per heavy atom. The van der Waals surface area contributed by atoms with E-state index in [1.807, 2.05) is 18.2 Å². The summed E-state index contributed by atoms with van der Waals surface area (Å²) in [5, 5.41) is 5.98. The van der Waals surface area contributed by atoms with E-state index in [9.17, 15) is 22.8 Å². The summed E-state index contributed by atoms with van der Waals surface area (Å²) in [5.74, 6) is -1.60. The first-order valence-electron chi connectivity index (χ1n) is 11.8. The Kier molecular flexibility index (Phi) is 8.97. The molecule has 0 atom stereocenters. The van der Waals surface area contributed by atoms with Gasteiger partial charge in [-0.25, -0.2) is 8.42 Å². The number of esters is 1. The number of hydrogen-bond donors (Lipinski definition) is 3. The second-order valence-corrected chi connectivity index (χ2v) is 11.5. The molecule has 2 heterocycles. The number of ether oxygens (including phenoxy) is 1. The highest BCUT2D eigenvalue weighted by Gasteiger charge is 2.20. The SMILES string of the molecule is O=C(COC(=O)CNC(=O)c1sc2ccccc2c1Cl)Nc1cccc(S(=O)(=O)NC2=NCCCCC2)c1. The molecule has 10 nitrogen and oxygen atoms in total. The minimum absolute atomic E-state index is 0.0400. The molecule has 0 saturated heterocycles. The molecule has 1 aliphatic rings. The second kappa shape index (κ2) is 12.4. The monoisotopic (exact) mass is 576 g/mol. The molecule has 38 heavy (non-hydrogen) atoms. The Labute approximate surface area is 228 Å². The average molecular weight is 577 g/mol. The Bertz CT molecular complexity index is 1500. The van der Waals surface area contributed by atoms with E-state index >= 15 is 0 Å². The Hall–Kier alpha value is -3.48. The van der Waals surface area contributed by atoms with Crippen LogP contribution in [0.2, 0.25) is 5.02 Å². The molecule has 0 saturated carbocycles. The predicted octanol–water partition coefficient (Wildman–Crippen LogP) is 3.72. The van der Waals surface area contributed by atoms with Crippen molar-refractivity contribution in [3.05, 3.63) is 58.4 Å². The van der Waals surface area contributed by atoms with Crippen molar-refractivity contribution in [2.24, 2.45) is 4.99 Å². The fraction of sp³-hybridized carbons (Fsp3) is 0.280. The Morgan fingerprint density at radius 1 is 1.05 bits per heavy atom. The van der Waals surface area contributed by atoms with Crippen LogP contribution < -0.4 is 15.4 Å². The summed E-state index contributed by atoms with van der Waals surface area (Å²) < 4.78 is 33.8. The van der Waals surface area contributed by atoms with Crippen LogP contribution in [0.15, 0.2) is 58.4 Å². The van der Waals surface area contributed by atoms with Crippen molar-refractivity contribution in [2.75, 3.05) is 25.0 Å². The standard InChI is InChI=1S/C25H25ClN4O6S2/c26-23-18-9-3-4-10-19(18)37-24(23)25(33)28-14-22(32)36-15-21(31)29-16-7-6-8-17(13-16)38(34,35)30-20-11-2-1-5-12-27-20/h3-4,6-10,13H,1-2,5,11-12,14-15H2,(H,27,30)(H,28,33)(H,29,31). The molecular formula is C25H25ClN4O6S2. The maximum atomic E-state index is 12.8. The third-order valence-corrected chi connectivity index (χ3v) is 8.61. The van der Waals surface area contributed by atoms with Gasteiger partial charge < -0.3 is 15.4 Å². The zero-order valence-corrected chi connectivity index (χ0v) is 22.5. The number of amidine groups is 1. The fourth-order valence-corrected chi connectivity index (χ4v) is 6.27. The quantitative estimate of drug-likeness (QED) is 0.349. The molecule has 2 aromatic carbocycles. The van der Waals surface area contributed by atoms with Crippen LogP contribution in [0.3, 0.4) is 0 Å². The van der Waals surface area contributed by atoms with Crippen LogP contribution in [0, 0.1) is 0 Å². The molecule has 4 rings (SSSR count). The normalized spacial score (nSPS) is 13.8. The van der Waals surface area contributed by atoms with Crippen molar-refractivity contribution < 1.29 is 27.5 Å². The summed E-state index contributed by atoms with van der Waals surface area (Å²) in [6.07, 6.45) is 3.33. The molecular weight excluding hydrogens is 552 g/mol. The van der Waals surface area contributed by atoms with Crippen molar-refractivity contribution in [1.82, 2.24) is 10.0 Å². The van der Waals surface area contributed by atoms with Gasteiger partial charge in [-0.3, -0.25) is 24.1 Å². The zero-order valence-electron chi connectivity index (χ0n) is 20.2. The Morgan fingerprint density at radius 2 is 1.87 bits per heavy atom. The number of sulfonamides is 1. The lowest BCUT2D eigenvalue weighted by Gasteiger charge is -2.11. The highest BCUT2D eigenvalue weighted by molar-refractivity contribution is 7.90. The highest BCUT2D eigenvalue weighted by Crippen LogP contribution is 2.34. The number of halogens is 1. The molecule has 3 N–H and O–H groups in total. The summed E-state index contributed by atoms with van der Waals surface area (Å²) in [5.41, 5.74) is 0.212. The van der Waals surface area contributed by atoms with Gasteiger partial charge in [-0.05, 0) is 37.1 Å². The average Bonchev–Trinajstić information content (AvgIpc) is 3.05. The maximum absolute atomic E-state index is 12.8. The zero-order chi connectivity index (χ0) is 27.1. The lowest BCUT2D eigenvalue weighted by Crippen LogP contribution is -2.32. The van der Waals surface area contributed by atoms with E-state index in [-0.39, 0.29) is 15.5 Å². The van der Waals surface area contributed by atoms with Crippen molar-refractivity contribution in [1.29, 1.82) is 0 Å². The third-order valence-electron chi connectivity index (χ3n) is 5.55. The number of carbonyl (C=O) groups excluding carboxylic acids is 3. The Balaban J connectivity index is 1.26. The molecule has 0 aliphatic carbocycles. The van der Waals surface area contributed by atoms with Gasteiger partial charge in [0.25, 0.3) is 21.8 Å². The van der Waals surface area contributed by atoms with Crippen LogP contribution in [-0.2, 0) is 24.3 Å². The van der Waals surface area contributed by atoms with E-state index in [0.29, 0.717) is 23.8 Å². The van der Waals surface area contributed by atoms with E-state index in [1.165, 1.54) is 35.6 Å². The van der Waals surface area contributed by atoms with Crippen molar-refractivity contribution in [3.63, 3.8) is 0 Å². The van der Waals surface area contributed by atoms with E-state index in [2.05, 4.69) is 20.3 Å². The predicted molar refractivity (Wildman–Crippen MR) is 146 cm³/mol. The number of nitrogens with one attached hydrogen (secondary N) is 3. The van der Waals surface area contributed by atoms with Crippen molar-refractivity contribution in [3.8, 4) is 0 Å². The molecule has 1 aromatic heterocycles. The first-order chi connectivity index (χ1) is 18.2. The second-order valence-electron chi connectivity index (χ2n) is 8.41. The van der Waals surface area contributed by atoms with Gasteiger partial charge in [-0.15, -0.1) is 11.3 Å². The van der Waals surface area contributed by atoms with Gasteiger partial charge in [0.2, 0.25) is 0 Å². The first kappa shape index (κ1) is 27.6. The van der Waals surface area contributed by atoms with Crippen LogP contribution in [0.25, 0.3) is 10.1 Å². The summed E-state index contributed by atoms with van der Waals surface area (Å²) in [6, 6.07) is 13.0. The molecule has 200 valence electrons. The summed E-state index contributed by atoms with van der Waals surface area (Å²) >= 11 is 7.48. The number of anilines is 1. The largest absolute Gasteiger partial charge is 0.454 e. The number of aliphatic imine (C=N–C) groups is 1. The number of benzene rings is 2. The van der Waals surface area contributed by atoms with Gasteiger partial charge in [-0.2, -0.15) is 0 Å². The molecule has 0 unspecified atom stereocenters. The van der Waals surface area contributed by atoms with Gasteiger partial charge >= 0.3 is 5.97 Å². The lowest BCUT2D eigenvalue weighted by atomic mass is 10.2. The van der Waals surface area contributed by atoms with Gasteiger partial charge in [0, 0.05) is 28.7 Å². The number of nitrogens with zero attached hydrogens (tertiary/aromatic N) is 1. The number of rotatable bonds is 8. The molecule has 1 aliphatic heterocycles. The molecule has 0 fully saturated rings. The summed E-state index contributed by atoms with van der Waals surface area (Å²) in [6.45, 7) is -0.500. The van der Waals surface area contributed by atoms with Crippen LogP contribution >= 0.6 is 22.9 Å². The molecule has 0 bridgehead atoms. The smallest absolute Gasteiger partial charge is 0.325 e. The van der Waals surface area contributed by atoms with E-state index in [0.717, 1.165) is 29.3 Å². The van der Waals surface area contributed by atoms with Gasteiger partial charge in [-0.1, -0.05) is 42.3 Å². The number of carbonyl (C=O) groups is 3. The summed E-state index contributed by atoms with van der Waals surface area (Å²) in [4.78, 5) is 41.3. The van der Waals surface area contributed by atoms with E-state index in [4.69, 9.17) is 16.3 Å². The highest BCUT2D eigenvalue weighted by atomic mass is 35.5. The number of thiophene rings is 1. The van der Waals surface area contributed by atoms with Crippen LogP contribution in [0.4, 0.5) is 5.69 Å². The minimum atomic E-state index is -3.88. The molecule has 0 radical (unpaired) electrons. The fourth-order valence-electron chi connectivity index (χ4n) is 3.70. The van der Waals surface area contributed by atoms with E-state index in [1.54, 1.807) is 6.07 Å². The number of fused-ring (bicyclic) bond motifs is 1. The first-order valence-corrected chi connectivity index (χ1v) is 14.5. The number of hydrogen-bond acceptors (Lipinski definition) is 8. The molecule has 2 amide bonds. The summed E-state index contributed by atoms with van der Waals surface area (Å²) in [7, 11) is -3.88. The van der Waals surface area contributed by atoms with Crippen molar-refractivity contribution in [2.45, 2.75) is 30.6 Å². The van der Waals surface area contributed by atoms with Gasteiger partial charge in [0.1, 0.15) is 17.3 Å². The third kappa shape index (κ3) is 7.09. The number of amides is 2.